The minimum Gasteiger partial charge on any atom is -0.267 e. The summed E-state index contributed by atoms with van der Waals surface area (Å²) < 4.78 is 2.43. The molecule has 0 radical (unpaired) electrons. The van der Waals surface area contributed by atoms with Crippen LogP contribution in [0.3, 0.4) is 0 Å². The number of nitrogens with zero attached hydrogens (tertiary/aromatic N) is 2. The summed E-state index contributed by atoms with van der Waals surface area (Å²) in [6, 6.07) is 15.0. The average Bonchev–Trinajstić information content (AvgIpc) is 2.39. The van der Waals surface area contributed by atoms with Crippen LogP contribution < -0.4 is 5.56 Å². The van der Waals surface area contributed by atoms with Crippen LogP contribution in [0.2, 0.25) is 0 Å². The lowest BCUT2D eigenvalue weighted by atomic mass is 10.1. The molecule has 0 aliphatic heterocycles. The lowest BCUT2D eigenvalue weighted by Crippen LogP contribution is -2.18. The Morgan fingerprint density at radius 2 is 1.78 bits per heavy atom. The Bertz CT molecular complexity index is 780. The van der Waals surface area contributed by atoms with Gasteiger partial charge in [-0.25, -0.2) is 0 Å². The van der Waals surface area contributed by atoms with Gasteiger partial charge in [0, 0.05) is 16.7 Å². The van der Waals surface area contributed by atoms with E-state index in [0.717, 1.165) is 20.9 Å². The summed E-state index contributed by atoms with van der Waals surface area (Å²) in [5.41, 5.74) is 0.643. The van der Waals surface area contributed by atoms with Crippen LogP contribution in [0.25, 0.3) is 16.5 Å². The van der Waals surface area contributed by atoms with Crippen molar-refractivity contribution in [3.05, 3.63) is 69.6 Å². The van der Waals surface area contributed by atoms with E-state index in [1.165, 1.54) is 10.7 Å². The maximum absolute atomic E-state index is 11.7. The Balaban J connectivity index is 2.23. The van der Waals surface area contributed by atoms with E-state index in [0.29, 0.717) is 0 Å². The number of benzene rings is 2. The highest BCUT2D eigenvalue weighted by Gasteiger charge is 2.01. The monoisotopic (exact) mass is 300 g/mol. The summed E-state index contributed by atoms with van der Waals surface area (Å²) in [6.45, 7) is 0. The van der Waals surface area contributed by atoms with Gasteiger partial charge in [0.25, 0.3) is 5.56 Å². The number of hydrogen-bond donors (Lipinski definition) is 0. The van der Waals surface area contributed by atoms with Crippen molar-refractivity contribution in [1.29, 1.82) is 0 Å². The third-order valence-corrected chi connectivity index (χ3v) is 3.24. The van der Waals surface area contributed by atoms with Crippen LogP contribution in [0.1, 0.15) is 0 Å². The molecule has 3 nitrogen and oxygen atoms in total. The van der Waals surface area contributed by atoms with Gasteiger partial charge < -0.3 is 0 Å². The zero-order valence-corrected chi connectivity index (χ0v) is 11.0. The van der Waals surface area contributed by atoms with Gasteiger partial charge in [0.15, 0.2) is 0 Å². The van der Waals surface area contributed by atoms with Gasteiger partial charge in [-0.1, -0.05) is 28.1 Å². The third-order valence-electron chi connectivity index (χ3n) is 2.75. The lowest BCUT2D eigenvalue weighted by Gasteiger charge is -2.05. The fraction of sp³-hybridized carbons (Fsp3) is 0. The lowest BCUT2D eigenvalue weighted by molar-refractivity contribution is 0.808. The van der Waals surface area contributed by atoms with Gasteiger partial charge in [0.2, 0.25) is 0 Å². The molecule has 0 aliphatic rings. The van der Waals surface area contributed by atoms with E-state index in [-0.39, 0.29) is 5.56 Å². The van der Waals surface area contributed by atoms with Gasteiger partial charge in [-0.3, -0.25) is 4.79 Å². The fourth-order valence-corrected chi connectivity index (χ4v) is 2.27. The molecule has 3 rings (SSSR count). The molecule has 2 aromatic carbocycles. The van der Waals surface area contributed by atoms with Crippen LogP contribution in [-0.2, 0) is 0 Å². The van der Waals surface area contributed by atoms with E-state index in [1.807, 2.05) is 36.4 Å². The number of aromatic nitrogens is 2. The van der Waals surface area contributed by atoms with Gasteiger partial charge in [0.1, 0.15) is 0 Å². The molecule has 4 heteroatoms. The largest absolute Gasteiger partial charge is 0.271 e. The van der Waals surface area contributed by atoms with Crippen LogP contribution in [0.5, 0.6) is 0 Å². The smallest absolute Gasteiger partial charge is 0.267 e. The minimum atomic E-state index is -0.131. The topological polar surface area (TPSA) is 34.9 Å². The highest BCUT2D eigenvalue weighted by Crippen LogP contribution is 2.21. The molecule has 0 saturated heterocycles. The Labute approximate surface area is 112 Å². The molecular formula is C14H9BrN2O. The Hall–Kier alpha value is -1.94. The fourth-order valence-electron chi connectivity index (χ4n) is 1.89. The highest BCUT2D eigenvalue weighted by atomic mass is 79.9. The molecule has 0 bridgehead atoms. The maximum atomic E-state index is 11.7. The standard InChI is InChI=1S/C14H9BrN2O/c15-12-5-3-11-9-13(6-4-10(11)8-12)17-14(18)2-1-7-16-17/h1-9H. The number of rotatable bonds is 1. The second-order valence-electron chi connectivity index (χ2n) is 3.95. The SMILES string of the molecule is O=c1cccnn1-c1ccc2cc(Br)ccc2c1. The molecule has 0 fully saturated rings. The molecule has 1 heterocycles. The van der Waals surface area contributed by atoms with Crippen molar-refractivity contribution >= 4 is 26.7 Å². The molecular weight excluding hydrogens is 292 g/mol. The van der Waals surface area contributed by atoms with E-state index >= 15 is 0 Å². The molecule has 0 spiro atoms. The maximum Gasteiger partial charge on any atom is 0.271 e. The number of hydrogen-bond acceptors (Lipinski definition) is 2. The van der Waals surface area contributed by atoms with E-state index in [2.05, 4.69) is 21.0 Å². The van der Waals surface area contributed by atoms with Gasteiger partial charge in [-0.05, 0) is 41.1 Å². The van der Waals surface area contributed by atoms with Crippen molar-refractivity contribution in [3.8, 4) is 5.69 Å². The summed E-state index contributed by atoms with van der Waals surface area (Å²) in [5, 5.41) is 6.27. The first-order valence-electron chi connectivity index (χ1n) is 5.48. The first kappa shape index (κ1) is 11.2. The van der Waals surface area contributed by atoms with Crippen molar-refractivity contribution in [3.63, 3.8) is 0 Å². The first-order valence-corrected chi connectivity index (χ1v) is 6.27. The quantitative estimate of drug-likeness (QED) is 0.692. The van der Waals surface area contributed by atoms with Crippen LogP contribution in [0.4, 0.5) is 0 Å². The zero-order valence-electron chi connectivity index (χ0n) is 9.38. The van der Waals surface area contributed by atoms with Crippen LogP contribution in [-0.4, -0.2) is 9.78 Å². The van der Waals surface area contributed by atoms with Gasteiger partial charge >= 0.3 is 0 Å². The first-order chi connectivity index (χ1) is 8.74. The van der Waals surface area contributed by atoms with Gasteiger partial charge in [-0.2, -0.15) is 9.78 Å². The average molecular weight is 301 g/mol. The van der Waals surface area contributed by atoms with E-state index in [4.69, 9.17) is 0 Å². The Morgan fingerprint density at radius 1 is 1.00 bits per heavy atom. The minimum absolute atomic E-state index is 0.131. The molecule has 3 aromatic rings. The summed E-state index contributed by atoms with van der Waals surface area (Å²) in [5.74, 6) is 0. The van der Waals surface area contributed by atoms with Crippen LogP contribution >= 0.6 is 15.9 Å². The summed E-state index contributed by atoms with van der Waals surface area (Å²) in [4.78, 5) is 11.7. The Morgan fingerprint density at radius 3 is 2.61 bits per heavy atom. The second-order valence-corrected chi connectivity index (χ2v) is 4.87. The van der Waals surface area contributed by atoms with Gasteiger partial charge in [0.05, 0.1) is 5.69 Å². The number of fused-ring (bicyclic) bond motifs is 1. The molecule has 0 atom stereocenters. The molecule has 0 amide bonds. The second kappa shape index (κ2) is 4.38. The van der Waals surface area contributed by atoms with E-state index < -0.39 is 0 Å². The predicted octanol–water partition coefficient (Wildman–Crippen LogP) is 3.15. The van der Waals surface area contributed by atoms with E-state index in [1.54, 1.807) is 12.3 Å². The Kier molecular flexibility index (Phi) is 2.72. The molecule has 0 unspecified atom stereocenters. The summed E-state index contributed by atoms with van der Waals surface area (Å²) in [6.07, 6.45) is 1.60. The molecule has 0 aliphatic carbocycles. The van der Waals surface area contributed by atoms with Crippen LogP contribution in [0.15, 0.2) is 64.0 Å². The normalized spacial score (nSPS) is 10.7. The van der Waals surface area contributed by atoms with E-state index in [9.17, 15) is 4.79 Å². The summed E-state index contributed by atoms with van der Waals surface area (Å²) >= 11 is 3.44. The third kappa shape index (κ3) is 1.95. The van der Waals surface area contributed by atoms with Gasteiger partial charge in [-0.15, -0.1) is 0 Å². The van der Waals surface area contributed by atoms with Crippen molar-refractivity contribution in [1.82, 2.24) is 9.78 Å². The zero-order chi connectivity index (χ0) is 12.5. The molecule has 18 heavy (non-hydrogen) atoms. The van der Waals surface area contributed by atoms with Crippen molar-refractivity contribution in [2.75, 3.05) is 0 Å². The highest BCUT2D eigenvalue weighted by molar-refractivity contribution is 9.10. The summed E-state index contributed by atoms with van der Waals surface area (Å²) in [7, 11) is 0. The predicted molar refractivity (Wildman–Crippen MR) is 75.0 cm³/mol. The molecule has 88 valence electrons. The molecule has 0 N–H and O–H groups in total. The van der Waals surface area contributed by atoms with Crippen molar-refractivity contribution in [2.24, 2.45) is 0 Å². The molecule has 0 saturated carbocycles. The van der Waals surface area contributed by atoms with Crippen molar-refractivity contribution in [2.45, 2.75) is 0 Å². The van der Waals surface area contributed by atoms with Crippen molar-refractivity contribution < 1.29 is 0 Å². The van der Waals surface area contributed by atoms with Crippen LogP contribution in [0, 0.1) is 0 Å². The molecule has 1 aromatic heterocycles. The number of halogens is 1.